The molecule has 3 aliphatic heterocycles. The van der Waals surface area contributed by atoms with E-state index in [4.69, 9.17) is 0 Å². The molecule has 3 rings (SSSR count). The number of unbranched alkanes of at least 4 members (excludes halogenated alkanes) is 2. The van der Waals surface area contributed by atoms with Gasteiger partial charge in [-0.05, 0) is 63.7 Å². The number of carbonyl (C=O) groups excluding carboxylic acids is 3. The summed E-state index contributed by atoms with van der Waals surface area (Å²) in [4.78, 5) is 43.1. The number of carbonyl (C=O) groups is 3. The molecular weight excluding hydrogens is 462 g/mol. The Bertz CT molecular complexity index is 811. The summed E-state index contributed by atoms with van der Waals surface area (Å²) >= 11 is 1.73. The highest BCUT2D eigenvalue weighted by Gasteiger charge is 2.75. The molecule has 0 radical (unpaired) electrons. The van der Waals surface area contributed by atoms with Gasteiger partial charge in [-0.1, -0.05) is 34.6 Å². The van der Waals surface area contributed by atoms with E-state index >= 15 is 0 Å². The maximum atomic E-state index is 14.1. The first-order valence-corrected chi connectivity index (χ1v) is 14.4. The Morgan fingerprint density at radius 2 is 1.83 bits per heavy atom. The van der Waals surface area contributed by atoms with Gasteiger partial charge >= 0.3 is 0 Å². The van der Waals surface area contributed by atoms with Crippen LogP contribution in [0.1, 0.15) is 87.0 Å². The van der Waals surface area contributed by atoms with E-state index < -0.39 is 22.2 Å². The van der Waals surface area contributed by atoms with Crippen LogP contribution in [0.3, 0.4) is 0 Å². The number of hydrogen-bond acceptors (Lipinski definition) is 5. The molecule has 6 atom stereocenters. The second-order valence-corrected chi connectivity index (χ2v) is 14.3. The van der Waals surface area contributed by atoms with Crippen molar-refractivity contribution in [2.45, 2.75) is 109 Å². The highest BCUT2D eigenvalue weighted by atomic mass is 32.2. The van der Waals surface area contributed by atoms with Gasteiger partial charge in [-0.15, -0.1) is 11.8 Å². The van der Waals surface area contributed by atoms with Crippen molar-refractivity contribution in [1.29, 1.82) is 0 Å². The molecule has 0 aromatic carbocycles. The standard InChI is InChI=1S/C27H47N3O4S/c1-8-12-28-22(32)19-18-15-17(2)27(35-18)20(19)24(34)30(13-10-9-11-14-31)21(27)23(33)29-26(6,7)16-25(3,4)5/h17-21,31H,8-16H2,1-7H3,(H,28,32)(H,29,33)/t17?,18-,19+,20+,21?,27?/m1/s1. The lowest BCUT2D eigenvalue weighted by molar-refractivity contribution is -0.140. The van der Waals surface area contributed by atoms with Crippen LogP contribution >= 0.6 is 11.8 Å². The van der Waals surface area contributed by atoms with Gasteiger partial charge in [-0.3, -0.25) is 14.4 Å². The summed E-state index contributed by atoms with van der Waals surface area (Å²) in [5.41, 5.74) is -0.374. The summed E-state index contributed by atoms with van der Waals surface area (Å²) in [6.45, 7) is 16.0. The molecule has 3 heterocycles. The van der Waals surface area contributed by atoms with Crippen molar-refractivity contribution >= 4 is 29.5 Å². The van der Waals surface area contributed by atoms with E-state index in [-0.39, 0.29) is 46.8 Å². The Morgan fingerprint density at radius 3 is 2.43 bits per heavy atom. The van der Waals surface area contributed by atoms with Crippen molar-refractivity contribution in [1.82, 2.24) is 15.5 Å². The van der Waals surface area contributed by atoms with Gasteiger partial charge in [-0.25, -0.2) is 0 Å². The van der Waals surface area contributed by atoms with Crippen molar-refractivity contribution in [2.24, 2.45) is 23.2 Å². The lowest BCUT2D eigenvalue weighted by Gasteiger charge is -2.41. The Labute approximate surface area is 215 Å². The van der Waals surface area contributed by atoms with E-state index in [1.165, 1.54) is 0 Å². The molecule has 0 saturated carbocycles. The van der Waals surface area contributed by atoms with Crippen molar-refractivity contribution in [3.8, 4) is 0 Å². The average Bonchev–Trinajstić information content (AvgIpc) is 3.31. The molecular formula is C27H47N3O4S. The van der Waals surface area contributed by atoms with Gasteiger partial charge in [0.1, 0.15) is 6.04 Å². The Morgan fingerprint density at radius 1 is 1.14 bits per heavy atom. The molecule has 0 aromatic rings. The number of fused-ring (bicyclic) bond motifs is 1. The fourth-order valence-corrected chi connectivity index (χ4v) is 9.49. The van der Waals surface area contributed by atoms with Crippen LogP contribution in [-0.4, -0.2) is 69.0 Å². The Balaban J connectivity index is 1.95. The van der Waals surface area contributed by atoms with Gasteiger partial charge in [0, 0.05) is 30.5 Å². The largest absolute Gasteiger partial charge is 0.396 e. The smallest absolute Gasteiger partial charge is 0.244 e. The highest BCUT2D eigenvalue weighted by molar-refractivity contribution is 8.02. The first-order valence-electron chi connectivity index (χ1n) is 13.5. The third-order valence-electron chi connectivity index (χ3n) is 7.84. The summed E-state index contributed by atoms with van der Waals surface area (Å²) < 4.78 is -0.575. The number of aliphatic hydroxyl groups excluding tert-OH is 1. The van der Waals surface area contributed by atoms with Crippen molar-refractivity contribution < 1.29 is 19.5 Å². The number of nitrogens with zero attached hydrogens (tertiary/aromatic N) is 1. The maximum absolute atomic E-state index is 14.1. The number of rotatable bonds is 11. The van der Waals surface area contributed by atoms with Crippen molar-refractivity contribution in [3.05, 3.63) is 0 Å². The van der Waals surface area contributed by atoms with Crippen molar-refractivity contribution in [3.63, 3.8) is 0 Å². The first kappa shape index (κ1) is 28.3. The molecule has 1 spiro atoms. The average molecular weight is 510 g/mol. The van der Waals surface area contributed by atoms with Crippen LogP contribution in [0.4, 0.5) is 0 Å². The Kier molecular flexibility index (Phi) is 8.57. The second-order valence-electron chi connectivity index (χ2n) is 12.8. The maximum Gasteiger partial charge on any atom is 0.244 e. The summed E-state index contributed by atoms with van der Waals surface area (Å²) in [5.74, 6) is -0.836. The van der Waals surface area contributed by atoms with E-state index in [0.717, 1.165) is 32.1 Å². The normalized spacial score (nSPS) is 32.2. The quantitative estimate of drug-likeness (QED) is 0.371. The van der Waals surface area contributed by atoms with Crippen LogP contribution in [0.5, 0.6) is 0 Å². The highest BCUT2D eigenvalue weighted by Crippen LogP contribution is 2.68. The molecule has 0 aliphatic carbocycles. The van der Waals surface area contributed by atoms with Crippen LogP contribution < -0.4 is 10.6 Å². The second kappa shape index (κ2) is 10.6. The third kappa shape index (κ3) is 5.53. The van der Waals surface area contributed by atoms with Crippen molar-refractivity contribution in [2.75, 3.05) is 19.7 Å². The van der Waals surface area contributed by atoms with E-state index in [2.05, 4.69) is 52.2 Å². The lowest BCUT2D eigenvalue weighted by Crippen LogP contribution is -2.60. The van der Waals surface area contributed by atoms with Crippen LogP contribution in [0.2, 0.25) is 0 Å². The Hall–Kier alpha value is -1.28. The number of nitrogens with one attached hydrogen (secondary N) is 2. The molecule has 3 amide bonds. The fraction of sp³-hybridized carbons (Fsp3) is 0.889. The minimum absolute atomic E-state index is 0.0363. The van der Waals surface area contributed by atoms with Crippen LogP contribution in [0.15, 0.2) is 0 Å². The zero-order valence-electron chi connectivity index (χ0n) is 22.8. The predicted molar refractivity (Wildman–Crippen MR) is 141 cm³/mol. The van der Waals surface area contributed by atoms with Gasteiger partial charge in [0.15, 0.2) is 0 Å². The summed E-state index contributed by atoms with van der Waals surface area (Å²) in [6, 6.07) is -0.581. The van der Waals surface area contributed by atoms with E-state index in [0.29, 0.717) is 19.5 Å². The van der Waals surface area contributed by atoms with Gasteiger partial charge in [0.25, 0.3) is 0 Å². The zero-order valence-corrected chi connectivity index (χ0v) is 23.6. The fourth-order valence-electron chi connectivity index (χ4n) is 7.07. The molecule has 3 saturated heterocycles. The molecule has 200 valence electrons. The monoisotopic (exact) mass is 509 g/mol. The number of likely N-dealkylation sites (tertiary alicyclic amines) is 1. The molecule has 3 unspecified atom stereocenters. The van der Waals surface area contributed by atoms with Gasteiger partial charge in [0.2, 0.25) is 17.7 Å². The zero-order chi connectivity index (χ0) is 26.2. The topological polar surface area (TPSA) is 98.7 Å². The molecule has 8 heteroatoms. The van der Waals surface area contributed by atoms with Crippen LogP contribution in [0.25, 0.3) is 0 Å². The molecule has 3 aliphatic rings. The van der Waals surface area contributed by atoms with Crippen LogP contribution in [-0.2, 0) is 14.4 Å². The SMILES string of the molecule is CCCNC(=O)[C@@H]1[C@H]2C(=O)N(CCCCCO)C(C(=O)NC(C)(C)CC(C)(C)C)C23S[C@@H]1CC3C. The van der Waals surface area contributed by atoms with E-state index in [9.17, 15) is 19.5 Å². The molecule has 0 aromatic heterocycles. The molecule has 35 heavy (non-hydrogen) atoms. The van der Waals surface area contributed by atoms with Crippen LogP contribution in [0, 0.1) is 23.2 Å². The minimum Gasteiger partial charge on any atom is -0.396 e. The number of amides is 3. The molecule has 2 bridgehead atoms. The number of aliphatic hydroxyl groups is 1. The number of thioether (sulfide) groups is 1. The molecule has 3 fully saturated rings. The summed E-state index contributed by atoms with van der Waals surface area (Å²) in [7, 11) is 0. The molecule has 7 nitrogen and oxygen atoms in total. The van der Waals surface area contributed by atoms with Gasteiger partial charge < -0.3 is 20.6 Å². The van der Waals surface area contributed by atoms with Gasteiger partial charge in [0.05, 0.1) is 16.6 Å². The minimum atomic E-state index is -0.581. The first-order chi connectivity index (χ1) is 16.3. The lowest BCUT2D eigenvalue weighted by atomic mass is 9.65. The van der Waals surface area contributed by atoms with E-state index in [1.54, 1.807) is 16.7 Å². The predicted octanol–water partition coefficient (Wildman–Crippen LogP) is 3.34. The number of hydrogen-bond donors (Lipinski definition) is 3. The third-order valence-corrected chi connectivity index (χ3v) is 9.91. The summed E-state index contributed by atoms with van der Waals surface area (Å²) in [6.07, 6.45) is 4.73. The molecule has 3 N–H and O–H groups in total. The van der Waals surface area contributed by atoms with E-state index in [1.807, 2.05) is 6.92 Å². The van der Waals surface area contributed by atoms with Gasteiger partial charge in [-0.2, -0.15) is 0 Å². The summed E-state index contributed by atoms with van der Waals surface area (Å²) in [5, 5.41) is 15.6.